The van der Waals surface area contributed by atoms with Crippen LogP contribution >= 0.6 is 35.5 Å². The molecular formula is C13H15ClN4O3S2. The zero-order valence-corrected chi connectivity index (χ0v) is 14.4. The van der Waals surface area contributed by atoms with Crippen LogP contribution in [-0.4, -0.2) is 31.7 Å². The summed E-state index contributed by atoms with van der Waals surface area (Å²) in [6.45, 7) is 0. The highest BCUT2D eigenvalue weighted by atomic mass is 35.5. The molecule has 0 aromatic carbocycles. The molecule has 0 radical (unpaired) electrons. The molecule has 0 saturated carbocycles. The molecule has 2 heterocycles. The average Bonchev–Trinajstić information content (AvgIpc) is 2.86. The number of nitrogens with zero attached hydrogens (tertiary/aromatic N) is 2. The van der Waals surface area contributed by atoms with Crippen molar-refractivity contribution < 1.29 is 9.90 Å². The minimum Gasteiger partial charge on any atom is -0.493 e. The molecule has 3 rings (SSSR count). The van der Waals surface area contributed by atoms with Gasteiger partial charge in [0.05, 0.1) is 17.5 Å². The van der Waals surface area contributed by atoms with Gasteiger partial charge in [-0.3, -0.25) is 9.59 Å². The van der Waals surface area contributed by atoms with Crippen LogP contribution in [0.3, 0.4) is 0 Å². The van der Waals surface area contributed by atoms with Crippen molar-refractivity contribution in [1.82, 2.24) is 15.0 Å². The number of aromatic hydroxyl groups is 1. The quantitative estimate of drug-likeness (QED) is 0.557. The molecule has 0 aliphatic heterocycles. The van der Waals surface area contributed by atoms with Gasteiger partial charge in [0.1, 0.15) is 0 Å². The number of fused-ring (bicyclic) bond motifs is 1. The topological polar surface area (TPSA) is 108 Å². The van der Waals surface area contributed by atoms with Crippen molar-refractivity contribution in [3.8, 4) is 5.88 Å². The molecule has 3 N–H and O–H groups in total. The van der Waals surface area contributed by atoms with Crippen molar-refractivity contribution in [2.24, 2.45) is 0 Å². The SMILES string of the molecule is Cl.O=C(CSc1nc(O)cc(=O)[nH]1)Nc1nc2c(s1)CCCC2. The second kappa shape index (κ2) is 7.80. The Kier molecular flexibility index (Phi) is 6.03. The number of aromatic amines is 1. The minimum absolute atomic E-state index is 0. The van der Waals surface area contributed by atoms with Crippen LogP contribution in [0.15, 0.2) is 16.0 Å². The van der Waals surface area contributed by atoms with Crippen molar-refractivity contribution in [2.45, 2.75) is 30.8 Å². The second-order valence-electron chi connectivity index (χ2n) is 4.84. The third-order valence-corrected chi connectivity index (χ3v) is 5.08. The number of amides is 1. The number of carbonyl (C=O) groups is 1. The molecule has 0 spiro atoms. The van der Waals surface area contributed by atoms with Gasteiger partial charge in [0.2, 0.25) is 11.8 Å². The number of aromatic nitrogens is 3. The summed E-state index contributed by atoms with van der Waals surface area (Å²) in [5, 5.41) is 12.8. The molecule has 0 saturated heterocycles. The second-order valence-corrected chi connectivity index (χ2v) is 6.89. The van der Waals surface area contributed by atoms with E-state index < -0.39 is 5.56 Å². The van der Waals surface area contributed by atoms with E-state index >= 15 is 0 Å². The third kappa shape index (κ3) is 4.69. The van der Waals surface area contributed by atoms with Gasteiger partial charge in [0.25, 0.3) is 5.56 Å². The molecule has 0 bridgehead atoms. The van der Waals surface area contributed by atoms with Gasteiger partial charge < -0.3 is 15.4 Å². The number of hydrogen-bond acceptors (Lipinski definition) is 7. The maximum atomic E-state index is 11.9. The summed E-state index contributed by atoms with van der Waals surface area (Å²) in [7, 11) is 0. The van der Waals surface area contributed by atoms with Crippen molar-refractivity contribution in [1.29, 1.82) is 0 Å². The van der Waals surface area contributed by atoms with Gasteiger partial charge in [0, 0.05) is 4.88 Å². The smallest absolute Gasteiger partial charge is 0.255 e. The Morgan fingerprint density at radius 1 is 1.39 bits per heavy atom. The van der Waals surface area contributed by atoms with Gasteiger partial charge in [-0.25, -0.2) is 4.98 Å². The zero-order valence-electron chi connectivity index (χ0n) is 12.0. The standard InChI is InChI=1S/C13H14N4O3S2.ClH/c18-9-5-10(19)16-12(15-9)21-6-11(20)17-13-14-7-3-1-2-4-8(7)22-13;/h5H,1-4,6H2,(H,14,17,20)(H2,15,16,18,19);1H. The molecule has 0 atom stereocenters. The molecule has 1 aliphatic carbocycles. The first kappa shape index (κ1) is 17.8. The molecule has 1 amide bonds. The minimum atomic E-state index is -0.456. The molecule has 10 heteroatoms. The van der Waals surface area contributed by atoms with Crippen LogP contribution in [-0.2, 0) is 17.6 Å². The van der Waals surface area contributed by atoms with Gasteiger partial charge in [-0.2, -0.15) is 4.98 Å². The van der Waals surface area contributed by atoms with Crippen molar-refractivity contribution in [2.75, 3.05) is 11.1 Å². The van der Waals surface area contributed by atoms with E-state index in [0.717, 1.165) is 42.8 Å². The van der Waals surface area contributed by atoms with Crippen LogP contribution in [0.2, 0.25) is 0 Å². The number of halogens is 1. The number of hydrogen-bond donors (Lipinski definition) is 3. The lowest BCUT2D eigenvalue weighted by atomic mass is 10.0. The van der Waals surface area contributed by atoms with E-state index in [1.807, 2.05) is 0 Å². The van der Waals surface area contributed by atoms with Crippen LogP contribution in [0.1, 0.15) is 23.4 Å². The van der Waals surface area contributed by atoms with E-state index in [4.69, 9.17) is 0 Å². The molecule has 0 unspecified atom stereocenters. The van der Waals surface area contributed by atoms with Crippen LogP contribution in [0.4, 0.5) is 5.13 Å². The lowest BCUT2D eigenvalue weighted by Crippen LogP contribution is -2.15. The number of anilines is 1. The normalized spacial score (nSPS) is 13.0. The summed E-state index contributed by atoms with van der Waals surface area (Å²) < 4.78 is 0. The van der Waals surface area contributed by atoms with Crippen molar-refractivity contribution in [3.05, 3.63) is 27.0 Å². The maximum Gasteiger partial charge on any atom is 0.255 e. The van der Waals surface area contributed by atoms with Crippen molar-refractivity contribution >= 4 is 46.5 Å². The first-order valence-corrected chi connectivity index (χ1v) is 8.62. The Labute approximate surface area is 146 Å². The van der Waals surface area contributed by atoms with Gasteiger partial charge in [0.15, 0.2) is 10.3 Å². The molecule has 1 aliphatic rings. The van der Waals surface area contributed by atoms with E-state index in [9.17, 15) is 14.7 Å². The molecule has 2 aromatic heterocycles. The van der Waals surface area contributed by atoms with E-state index in [2.05, 4.69) is 20.3 Å². The fourth-order valence-corrected chi connectivity index (χ4v) is 3.92. The third-order valence-electron chi connectivity index (χ3n) is 3.14. The van der Waals surface area contributed by atoms with Gasteiger partial charge in [-0.1, -0.05) is 11.8 Å². The highest BCUT2D eigenvalue weighted by Gasteiger charge is 2.16. The zero-order chi connectivity index (χ0) is 15.5. The summed E-state index contributed by atoms with van der Waals surface area (Å²) >= 11 is 2.57. The summed E-state index contributed by atoms with van der Waals surface area (Å²) in [5.74, 6) is -0.502. The first-order chi connectivity index (χ1) is 10.6. The van der Waals surface area contributed by atoms with Gasteiger partial charge in [-0.05, 0) is 25.7 Å². The number of nitrogens with one attached hydrogen (secondary N) is 2. The number of rotatable bonds is 4. The van der Waals surface area contributed by atoms with Crippen molar-refractivity contribution in [3.63, 3.8) is 0 Å². The lowest BCUT2D eigenvalue weighted by Gasteiger charge is -2.06. The van der Waals surface area contributed by atoms with Crippen LogP contribution in [0.5, 0.6) is 5.88 Å². The number of thiazole rings is 1. The Morgan fingerprint density at radius 2 is 2.17 bits per heavy atom. The summed E-state index contributed by atoms with van der Waals surface area (Å²) in [6.07, 6.45) is 4.34. The van der Waals surface area contributed by atoms with Crippen LogP contribution in [0.25, 0.3) is 0 Å². The van der Waals surface area contributed by atoms with E-state index in [1.54, 1.807) is 0 Å². The summed E-state index contributed by atoms with van der Waals surface area (Å²) in [6, 6.07) is 0.976. The maximum absolute atomic E-state index is 11.9. The highest BCUT2D eigenvalue weighted by Crippen LogP contribution is 2.29. The molecule has 2 aromatic rings. The largest absolute Gasteiger partial charge is 0.493 e. The predicted octanol–water partition coefficient (Wildman–Crippen LogP) is 1.96. The van der Waals surface area contributed by atoms with Gasteiger partial charge in [-0.15, -0.1) is 23.7 Å². The monoisotopic (exact) mass is 374 g/mol. The Hall–Kier alpha value is -1.58. The van der Waals surface area contributed by atoms with E-state index in [1.165, 1.54) is 22.6 Å². The molecule has 7 nitrogen and oxygen atoms in total. The Morgan fingerprint density at radius 3 is 2.91 bits per heavy atom. The van der Waals surface area contributed by atoms with Gasteiger partial charge >= 0.3 is 0 Å². The Balaban J connectivity index is 0.00000192. The van der Waals surface area contributed by atoms with Crippen LogP contribution < -0.4 is 10.9 Å². The highest BCUT2D eigenvalue weighted by molar-refractivity contribution is 7.99. The summed E-state index contributed by atoms with van der Waals surface area (Å²) in [4.78, 5) is 35.0. The predicted molar refractivity (Wildman–Crippen MR) is 91.9 cm³/mol. The lowest BCUT2D eigenvalue weighted by molar-refractivity contribution is -0.113. The van der Waals surface area contributed by atoms with E-state index in [-0.39, 0.29) is 35.1 Å². The number of thioether (sulfide) groups is 1. The molecule has 0 fully saturated rings. The molecule has 23 heavy (non-hydrogen) atoms. The van der Waals surface area contributed by atoms with Crippen LogP contribution in [0, 0.1) is 0 Å². The Bertz CT molecular complexity index is 738. The van der Waals surface area contributed by atoms with E-state index in [0.29, 0.717) is 5.13 Å². The number of aryl methyl sites for hydroxylation is 2. The number of carbonyl (C=O) groups excluding carboxylic acids is 1. The average molecular weight is 375 g/mol. The summed E-state index contributed by atoms with van der Waals surface area (Å²) in [5.41, 5.74) is 0.640. The molecule has 124 valence electrons. The fraction of sp³-hybridized carbons (Fsp3) is 0.385. The molecular weight excluding hydrogens is 360 g/mol. The number of H-pyrrole nitrogens is 1. The first-order valence-electron chi connectivity index (χ1n) is 6.82. The fourth-order valence-electron chi connectivity index (χ4n) is 2.19.